The van der Waals surface area contributed by atoms with Gasteiger partial charge in [-0.1, -0.05) is 17.3 Å². The van der Waals surface area contributed by atoms with E-state index in [4.69, 9.17) is 0 Å². The van der Waals surface area contributed by atoms with Crippen LogP contribution in [0.1, 0.15) is 5.69 Å². The first-order valence-corrected chi connectivity index (χ1v) is 6.99. The summed E-state index contributed by atoms with van der Waals surface area (Å²) in [5, 5.41) is 10.7. The molecule has 0 radical (unpaired) electrons. The molecule has 0 saturated heterocycles. The number of fused-ring (bicyclic) bond motifs is 1. The van der Waals surface area contributed by atoms with Crippen LogP contribution >= 0.6 is 0 Å². The molecule has 108 valence electrons. The summed E-state index contributed by atoms with van der Waals surface area (Å²) < 4.78 is 3.72. The maximum Gasteiger partial charge on any atom is 0.113 e. The molecule has 0 amide bonds. The summed E-state index contributed by atoms with van der Waals surface area (Å²) in [6.45, 7) is 0.616. The zero-order valence-corrected chi connectivity index (χ0v) is 12.1. The minimum absolute atomic E-state index is 0.616. The van der Waals surface area contributed by atoms with Gasteiger partial charge in [-0.15, -0.1) is 5.10 Å². The van der Waals surface area contributed by atoms with Crippen LogP contribution in [0.4, 0.5) is 0 Å². The van der Waals surface area contributed by atoms with E-state index in [1.807, 2.05) is 42.3 Å². The van der Waals surface area contributed by atoms with E-state index < -0.39 is 0 Å². The molecule has 4 rings (SSSR count). The highest BCUT2D eigenvalue weighted by Crippen LogP contribution is 2.22. The summed E-state index contributed by atoms with van der Waals surface area (Å²) in [7, 11) is 1.95. The topological polar surface area (TPSA) is 61.4 Å². The van der Waals surface area contributed by atoms with Gasteiger partial charge in [0.05, 0.1) is 24.8 Å². The van der Waals surface area contributed by atoms with Crippen LogP contribution in [0.2, 0.25) is 0 Å². The van der Waals surface area contributed by atoms with Crippen LogP contribution in [0, 0.1) is 0 Å². The Morgan fingerprint density at radius 2 is 2.05 bits per heavy atom. The quantitative estimate of drug-likeness (QED) is 0.581. The Bertz CT molecular complexity index is 936. The molecule has 4 aromatic rings. The van der Waals surface area contributed by atoms with Crippen LogP contribution in [0.5, 0.6) is 0 Å². The van der Waals surface area contributed by atoms with Gasteiger partial charge in [-0.25, -0.2) is 9.67 Å². The average molecular weight is 290 g/mol. The number of nitrogens with zero attached hydrogens (tertiary/aromatic N) is 6. The molecule has 6 heteroatoms. The summed E-state index contributed by atoms with van der Waals surface area (Å²) in [4.78, 5) is 8.43. The van der Waals surface area contributed by atoms with Crippen molar-refractivity contribution in [2.75, 3.05) is 0 Å². The van der Waals surface area contributed by atoms with Crippen LogP contribution in [0.3, 0.4) is 0 Å². The highest BCUT2D eigenvalue weighted by atomic mass is 15.4. The Balaban J connectivity index is 1.64. The first-order valence-electron chi connectivity index (χ1n) is 6.99. The molecule has 1 aromatic carbocycles. The number of imidazole rings is 1. The zero-order chi connectivity index (χ0) is 14.9. The highest BCUT2D eigenvalue weighted by molar-refractivity contribution is 5.85. The summed E-state index contributed by atoms with van der Waals surface area (Å²) in [6, 6.07) is 8.19. The highest BCUT2D eigenvalue weighted by Gasteiger charge is 2.06. The predicted octanol–water partition coefficient (Wildman–Crippen LogP) is 2.28. The molecule has 0 atom stereocenters. The molecular formula is C16H14N6. The molecule has 3 aromatic heterocycles. The largest absolute Gasteiger partial charge is 0.340 e. The van der Waals surface area contributed by atoms with Crippen molar-refractivity contribution in [1.82, 2.24) is 29.5 Å². The third kappa shape index (κ3) is 2.35. The van der Waals surface area contributed by atoms with Gasteiger partial charge in [0.2, 0.25) is 0 Å². The van der Waals surface area contributed by atoms with Crippen molar-refractivity contribution in [3.8, 4) is 11.3 Å². The van der Waals surface area contributed by atoms with E-state index in [-0.39, 0.29) is 0 Å². The summed E-state index contributed by atoms with van der Waals surface area (Å²) in [5.74, 6) is 0. The van der Waals surface area contributed by atoms with Crippen LogP contribution in [0.15, 0.2) is 55.4 Å². The molecule has 0 aliphatic carbocycles. The molecule has 22 heavy (non-hydrogen) atoms. The maximum absolute atomic E-state index is 4.30. The summed E-state index contributed by atoms with van der Waals surface area (Å²) >= 11 is 0. The van der Waals surface area contributed by atoms with Crippen molar-refractivity contribution in [2.45, 2.75) is 6.54 Å². The maximum atomic E-state index is 4.30. The minimum Gasteiger partial charge on any atom is -0.340 e. The van der Waals surface area contributed by atoms with E-state index in [1.165, 1.54) is 0 Å². The van der Waals surface area contributed by atoms with E-state index in [0.29, 0.717) is 6.54 Å². The van der Waals surface area contributed by atoms with Crippen molar-refractivity contribution >= 4 is 10.8 Å². The fourth-order valence-electron chi connectivity index (χ4n) is 2.47. The number of hydrogen-bond acceptors (Lipinski definition) is 4. The SMILES string of the molecule is Cn1cnc(Cn2cc(-c3ccc4cnccc4c3)nn2)c1. The van der Waals surface area contributed by atoms with Gasteiger partial charge < -0.3 is 4.57 Å². The van der Waals surface area contributed by atoms with Crippen LogP contribution < -0.4 is 0 Å². The second kappa shape index (κ2) is 5.07. The molecular weight excluding hydrogens is 276 g/mol. The minimum atomic E-state index is 0.616. The Morgan fingerprint density at radius 1 is 1.09 bits per heavy atom. The number of aromatic nitrogens is 6. The number of benzene rings is 1. The summed E-state index contributed by atoms with van der Waals surface area (Å²) in [6.07, 6.45) is 9.35. The molecule has 0 spiro atoms. The van der Waals surface area contributed by atoms with E-state index in [2.05, 4.69) is 32.4 Å². The smallest absolute Gasteiger partial charge is 0.113 e. The van der Waals surface area contributed by atoms with Gasteiger partial charge in [0.1, 0.15) is 5.69 Å². The third-order valence-corrected chi connectivity index (χ3v) is 3.56. The first-order chi connectivity index (χ1) is 10.8. The average Bonchev–Trinajstić information content (AvgIpc) is 3.16. The Morgan fingerprint density at radius 3 is 2.91 bits per heavy atom. The van der Waals surface area contributed by atoms with Gasteiger partial charge in [0.25, 0.3) is 0 Å². The fraction of sp³-hybridized carbons (Fsp3) is 0.125. The van der Waals surface area contributed by atoms with Crippen molar-refractivity contribution in [1.29, 1.82) is 0 Å². The van der Waals surface area contributed by atoms with Gasteiger partial charge in [-0.3, -0.25) is 4.98 Å². The molecule has 0 aliphatic heterocycles. The Hall–Kier alpha value is -3.02. The van der Waals surface area contributed by atoms with Crippen LogP contribution in [0.25, 0.3) is 22.0 Å². The lowest BCUT2D eigenvalue weighted by Crippen LogP contribution is -2.00. The second-order valence-electron chi connectivity index (χ2n) is 5.27. The van der Waals surface area contributed by atoms with Crippen LogP contribution in [-0.4, -0.2) is 29.5 Å². The van der Waals surface area contributed by atoms with Crippen LogP contribution in [-0.2, 0) is 13.6 Å². The monoisotopic (exact) mass is 290 g/mol. The zero-order valence-electron chi connectivity index (χ0n) is 12.1. The first kappa shape index (κ1) is 12.7. The van der Waals surface area contributed by atoms with Gasteiger partial charge in [-0.2, -0.15) is 0 Å². The van der Waals surface area contributed by atoms with Gasteiger partial charge in [0.15, 0.2) is 0 Å². The molecule has 6 nitrogen and oxygen atoms in total. The molecule has 0 fully saturated rings. The van der Waals surface area contributed by atoms with Crippen molar-refractivity contribution in [3.05, 3.63) is 61.1 Å². The van der Waals surface area contributed by atoms with Crippen molar-refractivity contribution in [2.24, 2.45) is 7.05 Å². The lowest BCUT2D eigenvalue weighted by atomic mass is 10.1. The number of aryl methyl sites for hydroxylation is 1. The number of pyridine rings is 1. The lowest BCUT2D eigenvalue weighted by Gasteiger charge is -1.99. The van der Waals surface area contributed by atoms with Gasteiger partial charge in [0, 0.05) is 36.6 Å². The van der Waals surface area contributed by atoms with E-state index in [1.54, 1.807) is 17.2 Å². The van der Waals surface area contributed by atoms with Gasteiger partial charge >= 0.3 is 0 Å². The fourth-order valence-corrected chi connectivity index (χ4v) is 2.47. The summed E-state index contributed by atoms with van der Waals surface area (Å²) in [5.41, 5.74) is 2.86. The second-order valence-corrected chi connectivity index (χ2v) is 5.27. The standard InChI is InChI=1S/C16H14N6/c1-21-8-15(18-11-21)9-22-10-16(19-20-22)13-2-3-14-7-17-5-4-12(14)6-13/h2-8,10-11H,9H2,1H3. The third-order valence-electron chi connectivity index (χ3n) is 3.56. The number of hydrogen-bond donors (Lipinski definition) is 0. The van der Waals surface area contributed by atoms with E-state index in [0.717, 1.165) is 27.7 Å². The molecule has 0 bridgehead atoms. The lowest BCUT2D eigenvalue weighted by molar-refractivity contribution is 0.640. The normalized spacial score (nSPS) is 11.1. The van der Waals surface area contributed by atoms with Gasteiger partial charge in [-0.05, 0) is 17.5 Å². The van der Waals surface area contributed by atoms with Crippen molar-refractivity contribution in [3.63, 3.8) is 0 Å². The molecule has 0 aliphatic rings. The Kier molecular flexibility index (Phi) is 2.93. The number of rotatable bonds is 3. The predicted molar refractivity (Wildman–Crippen MR) is 83.1 cm³/mol. The molecule has 0 N–H and O–H groups in total. The molecule has 3 heterocycles. The van der Waals surface area contributed by atoms with E-state index >= 15 is 0 Å². The van der Waals surface area contributed by atoms with E-state index in [9.17, 15) is 0 Å². The Labute approximate surface area is 127 Å². The van der Waals surface area contributed by atoms with Crippen molar-refractivity contribution < 1.29 is 0 Å². The molecule has 0 unspecified atom stereocenters. The molecule has 0 saturated carbocycles.